The van der Waals surface area contributed by atoms with Gasteiger partial charge in [-0.2, -0.15) is 0 Å². The molecule has 1 aliphatic heterocycles. The number of ether oxygens (including phenoxy) is 2. The lowest BCUT2D eigenvalue weighted by Crippen LogP contribution is -2.41. The summed E-state index contributed by atoms with van der Waals surface area (Å²) < 4.78 is 11.0. The molecule has 21 heavy (non-hydrogen) atoms. The summed E-state index contributed by atoms with van der Waals surface area (Å²) in [5.74, 6) is 0.873. The normalized spacial score (nSPS) is 16.0. The number of nitrogens with two attached hydrogens (primary N) is 1. The Balaban J connectivity index is 1.86. The number of nitrogens with zero attached hydrogens (tertiary/aromatic N) is 1. The van der Waals surface area contributed by atoms with Gasteiger partial charge in [0.15, 0.2) is 0 Å². The van der Waals surface area contributed by atoms with Crippen LogP contribution in [0.3, 0.4) is 0 Å². The minimum atomic E-state index is 0.0790. The predicted molar refractivity (Wildman–Crippen MR) is 81.5 cm³/mol. The van der Waals surface area contributed by atoms with Crippen LogP contribution in [0.1, 0.15) is 30.1 Å². The summed E-state index contributed by atoms with van der Waals surface area (Å²) in [5, 5.41) is 0. The number of amides is 1. The zero-order chi connectivity index (χ0) is 15.1. The van der Waals surface area contributed by atoms with E-state index in [1.54, 1.807) is 0 Å². The number of hydrogen-bond acceptors (Lipinski definition) is 4. The molecule has 0 unspecified atom stereocenters. The minimum absolute atomic E-state index is 0.0790. The van der Waals surface area contributed by atoms with E-state index in [-0.39, 0.29) is 12.0 Å². The van der Waals surface area contributed by atoms with Gasteiger partial charge in [0.1, 0.15) is 5.75 Å². The van der Waals surface area contributed by atoms with Gasteiger partial charge in [-0.15, -0.1) is 0 Å². The molecule has 0 atom stereocenters. The first kappa shape index (κ1) is 15.8. The maximum absolute atomic E-state index is 12.4. The molecule has 1 fully saturated rings. The number of carbonyl (C=O) groups excluding carboxylic acids is 1. The van der Waals surface area contributed by atoms with E-state index in [4.69, 9.17) is 15.2 Å². The summed E-state index contributed by atoms with van der Waals surface area (Å²) in [6.07, 6.45) is 1.99. The van der Waals surface area contributed by atoms with E-state index in [0.29, 0.717) is 25.3 Å². The largest absolute Gasteiger partial charge is 0.494 e. The highest BCUT2D eigenvalue weighted by Gasteiger charge is 2.23. The first-order valence-corrected chi connectivity index (χ1v) is 7.58. The average Bonchev–Trinajstić information content (AvgIpc) is 2.54. The van der Waals surface area contributed by atoms with Crippen molar-refractivity contribution in [2.24, 2.45) is 5.73 Å². The summed E-state index contributed by atoms with van der Waals surface area (Å²) >= 11 is 0. The summed E-state index contributed by atoms with van der Waals surface area (Å²) in [5.41, 5.74) is 6.14. The van der Waals surface area contributed by atoms with Crippen molar-refractivity contribution in [3.63, 3.8) is 0 Å². The lowest BCUT2D eigenvalue weighted by Gasteiger charge is -2.32. The van der Waals surface area contributed by atoms with E-state index in [2.05, 4.69) is 0 Å². The van der Waals surface area contributed by atoms with Gasteiger partial charge in [-0.1, -0.05) is 0 Å². The Morgan fingerprint density at radius 1 is 1.29 bits per heavy atom. The van der Waals surface area contributed by atoms with E-state index < -0.39 is 0 Å². The van der Waals surface area contributed by atoms with Gasteiger partial charge in [0.05, 0.1) is 19.3 Å². The van der Waals surface area contributed by atoms with E-state index in [1.165, 1.54) is 0 Å². The standard InChI is InChI=1S/C16H24N2O3/c1-2-20-14-5-3-13(4-6-14)16(19)18-10-7-15(8-11-18)21-12-9-17/h3-6,15H,2,7-12,17H2,1H3. The van der Waals surface area contributed by atoms with Gasteiger partial charge in [0.2, 0.25) is 0 Å². The molecular weight excluding hydrogens is 268 g/mol. The van der Waals surface area contributed by atoms with E-state index >= 15 is 0 Å². The number of benzene rings is 1. The molecular formula is C16H24N2O3. The van der Waals surface area contributed by atoms with Crippen LogP contribution in [-0.2, 0) is 4.74 Å². The van der Waals surface area contributed by atoms with Crippen molar-refractivity contribution >= 4 is 5.91 Å². The molecule has 2 rings (SSSR count). The monoisotopic (exact) mass is 292 g/mol. The third-order valence-electron chi connectivity index (χ3n) is 3.61. The number of likely N-dealkylation sites (tertiary alicyclic amines) is 1. The number of carbonyl (C=O) groups is 1. The highest BCUT2D eigenvalue weighted by molar-refractivity contribution is 5.94. The molecule has 2 N–H and O–H groups in total. The van der Waals surface area contributed by atoms with Crippen LogP contribution in [0.15, 0.2) is 24.3 Å². The quantitative estimate of drug-likeness (QED) is 0.866. The molecule has 5 nitrogen and oxygen atoms in total. The maximum Gasteiger partial charge on any atom is 0.253 e. The molecule has 1 heterocycles. The lowest BCUT2D eigenvalue weighted by molar-refractivity contribution is 0.0122. The van der Waals surface area contributed by atoms with Gasteiger partial charge >= 0.3 is 0 Å². The molecule has 1 aliphatic rings. The van der Waals surface area contributed by atoms with Gasteiger partial charge in [-0.05, 0) is 44.0 Å². The van der Waals surface area contributed by atoms with Crippen molar-refractivity contribution in [1.29, 1.82) is 0 Å². The van der Waals surface area contributed by atoms with Crippen molar-refractivity contribution in [3.05, 3.63) is 29.8 Å². The fourth-order valence-electron chi connectivity index (χ4n) is 2.50. The second kappa shape index (κ2) is 8.00. The summed E-state index contributed by atoms with van der Waals surface area (Å²) in [4.78, 5) is 14.3. The highest BCUT2D eigenvalue weighted by Crippen LogP contribution is 2.18. The lowest BCUT2D eigenvalue weighted by atomic mass is 10.1. The average molecular weight is 292 g/mol. The minimum Gasteiger partial charge on any atom is -0.494 e. The summed E-state index contributed by atoms with van der Waals surface area (Å²) in [6, 6.07) is 7.33. The van der Waals surface area contributed by atoms with Gasteiger partial charge in [0.25, 0.3) is 5.91 Å². The topological polar surface area (TPSA) is 64.8 Å². The molecule has 0 bridgehead atoms. The Hall–Kier alpha value is -1.59. The smallest absolute Gasteiger partial charge is 0.253 e. The Bertz CT molecular complexity index is 439. The van der Waals surface area contributed by atoms with Crippen molar-refractivity contribution < 1.29 is 14.3 Å². The Morgan fingerprint density at radius 3 is 2.52 bits per heavy atom. The van der Waals surface area contributed by atoms with E-state index in [0.717, 1.165) is 31.7 Å². The van der Waals surface area contributed by atoms with Crippen LogP contribution in [0.4, 0.5) is 0 Å². The molecule has 0 spiro atoms. The maximum atomic E-state index is 12.4. The number of rotatable bonds is 6. The van der Waals surface area contributed by atoms with Gasteiger partial charge in [-0.25, -0.2) is 0 Å². The Kier molecular flexibility index (Phi) is 6.02. The van der Waals surface area contributed by atoms with E-state index in [9.17, 15) is 4.79 Å². The fourth-order valence-corrected chi connectivity index (χ4v) is 2.50. The molecule has 0 radical (unpaired) electrons. The van der Waals surface area contributed by atoms with Crippen molar-refractivity contribution in [3.8, 4) is 5.75 Å². The molecule has 1 aromatic rings. The summed E-state index contributed by atoms with van der Waals surface area (Å²) in [6.45, 7) is 5.19. The second-order valence-electron chi connectivity index (χ2n) is 5.11. The van der Waals surface area contributed by atoms with Crippen LogP contribution in [0, 0.1) is 0 Å². The molecule has 0 saturated carbocycles. The van der Waals surface area contributed by atoms with Gasteiger partial charge in [-0.3, -0.25) is 4.79 Å². The second-order valence-corrected chi connectivity index (χ2v) is 5.11. The van der Waals surface area contributed by atoms with Gasteiger partial charge in [0, 0.05) is 25.2 Å². The molecule has 0 aromatic heterocycles. The third-order valence-corrected chi connectivity index (χ3v) is 3.61. The number of piperidine rings is 1. The zero-order valence-corrected chi connectivity index (χ0v) is 12.6. The van der Waals surface area contributed by atoms with Gasteiger partial charge < -0.3 is 20.1 Å². The van der Waals surface area contributed by atoms with Crippen LogP contribution >= 0.6 is 0 Å². The first-order valence-electron chi connectivity index (χ1n) is 7.58. The SMILES string of the molecule is CCOc1ccc(C(=O)N2CCC(OCCN)CC2)cc1. The van der Waals surface area contributed by atoms with Crippen LogP contribution in [-0.4, -0.2) is 49.8 Å². The van der Waals surface area contributed by atoms with Crippen LogP contribution in [0.25, 0.3) is 0 Å². The predicted octanol–water partition coefficient (Wildman–Crippen LogP) is 1.67. The Morgan fingerprint density at radius 2 is 1.95 bits per heavy atom. The molecule has 5 heteroatoms. The Labute approximate surface area is 126 Å². The fraction of sp³-hybridized carbons (Fsp3) is 0.562. The van der Waals surface area contributed by atoms with Crippen molar-refractivity contribution in [2.75, 3.05) is 32.8 Å². The zero-order valence-electron chi connectivity index (χ0n) is 12.6. The van der Waals surface area contributed by atoms with Crippen LogP contribution in [0.2, 0.25) is 0 Å². The van der Waals surface area contributed by atoms with Crippen LogP contribution in [0.5, 0.6) is 5.75 Å². The highest BCUT2D eigenvalue weighted by atomic mass is 16.5. The summed E-state index contributed by atoms with van der Waals surface area (Å²) in [7, 11) is 0. The van der Waals surface area contributed by atoms with Crippen molar-refractivity contribution in [2.45, 2.75) is 25.9 Å². The molecule has 1 saturated heterocycles. The molecule has 116 valence electrons. The molecule has 1 amide bonds. The van der Waals surface area contributed by atoms with E-state index in [1.807, 2.05) is 36.1 Å². The first-order chi connectivity index (χ1) is 10.2. The number of hydrogen-bond donors (Lipinski definition) is 1. The van der Waals surface area contributed by atoms with Crippen molar-refractivity contribution in [1.82, 2.24) is 4.90 Å². The molecule has 1 aromatic carbocycles. The third kappa shape index (κ3) is 4.44. The molecule has 0 aliphatic carbocycles. The van der Waals surface area contributed by atoms with Crippen LogP contribution < -0.4 is 10.5 Å².